The van der Waals surface area contributed by atoms with Crippen LogP contribution in [0.2, 0.25) is 0 Å². The van der Waals surface area contributed by atoms with Gasteiger partial charge in [-0.3, -0.25) is 9.98 Å². The minimum absolute atomic E-state index is 0. The summed E-state index contributed by atoms with van der Waals surface area (Å²) in [5.74, 6) is -11.7. The first-order chi connectivity index (χ1) is 24.1. The monoisotopic (exact) mass is 748 g/mol. The largest absolute Gasteiger partial charge is 2.00 e. The molecular formula is C36H18F8N4NiO2. The molecule has 0 N–H and O–H groups in total. The summed E-state index contributed by atoms with van der Waals surface area (Å²) in [6.45, 7) is -1.09. The van der Waals surface area contributed by atoms with E-state index in [0.717, 1.165) is 0 Å². The quantitative estimate of drug-likeness (QED) is 0.0827. The SMILES string of the molecule is C#CCOc1c(F)c(F)c(C(=C2C=CC=N2)c2ccc[n-]2)c(F)c1F.C#CCOc1c(F)c(F)c(C(=C2C=CC=N2)c2ccc[n-]2)c(F)c1F.[Ni+2]. The Bertz CT molecular complexity index is 1980. The summed E-state index contributed by atoms with van der Waals surface area (Å²) in [7, 11) is 0. The number of rotatable bonds is 8. The van der Waals surface area contributed by atoms with Gasteiger partial charge in [0.25, 0.3) is 0 Å². The molecule has 0 atom stereocenters. The maximum Gasteiger partial charge on any atom is 2.00 e. The smallest absolute Gasteiger partial charge is 0.664 e. The second-order valence-electron chi connectivity index (χ2n) is 9.75. The van der Waals surface area contributed by atoms with Crippen molar-refractivity contribution in [2.45, 2.75) is 0 Å². The maximum atomic E-state index is 14.6. The van der Waals surface area contributed by atoms with E-state index in [1.165, 1.54) is 73.4 Å². The third-order valence-electron chi connectivity index (χ3n) is 6.79. The number of aromatic nitrogens is 2. The van der Waals surface area contributed by atoms with E-state index in [0.29, 0.717) is 0 Å². The number of hydrogen-bond donors (Lipinski definition) is 0. The van der Waals surface area contributed by atoms with E-state index in [-0.39, 0.29) is 50.4 Å². The first-order valence-electron chi connectivity index (χ1n) is 14.0. The number of nitrogens with zero attached hydrogens (tertiary/aromatic N) is 4. The van der Waals surface area contributed by atoms with Gasteiger partial charge in [0, 0.05) is 12.4 Å². The molecule has 0 fully saturated rings. The fourth-order valence-corrected chi connectivity index (χ4v) is 4.71. The third kappa shape index (κ3) is 7.44. The molecule has 260 valence electrons. The summed E-state index contributed by atoms with van der Waals surface area (Å²) >= 11 is 0. The van der Waals surface area contributed by atoms with Crippen LogP contribution in [0.3, 0.4) is 0 Å². The zero-order valence-electron chi connectivity index (χ0n) is 25.4. The molecule has 2 aliphatic heterocycles. The molecule has 51 heavy (non-hydrogen) atoms. The fourth-order valence-electron chi connectivity index (χ4n) is 4.71. The topological polar surface area (TPSA) is 71.4 Å². The first-order valence-corrected chi connectivity index (χ1v) is 14.0. The van der Waals surface area contributed by atoms with Crippen molar-refractivity contribution in [3.63, 3.8) is 0 Å². The van der Waals surface area contributed by atoms with Crippen LogP contribution in [-0.2, 0) is 16.5 Å². The van der Waals surface area contributed by atoms with Crippen molar-refractivity contribution in [2.75, 3.05) is 13.2 Å². The average molecular weight is 749 g/mol. The van der Waals surface area contributed by atoms with Gasteiger partial charge in [-0.2, -0.15) is 30.0 Å². The molecule has 0 unspecified atom stereocenters. The fraction of sp³-hybridized carbons (Fsp3) is 0.0556. The maximum absolute atomic E-state index is 14.6. The van der Waals surface area contributed by atoms with Gasteiger partial charge >= 0.3 is 16.5 Å². The predicted molar refractivity (Wildman–Crippen MR) is 168 cm³/mol. The standard InChI is InChI=1S/2C18H9F4N2O.Ni/c2*1-2-9-25-18-16(21)14(19)13(15(20)17(18)22)12(10-5-3-7-23-10)11-6-4-8-24-11;/h2*1,3-8H,9H2;/q2*-1;+2. The van der Waals surface area contributed by atoms with Crippen LogP contribution in [0.15, 0.2) is 82.3 Å². The average Bonchev–Trinajstić information content (AvgIpc) is 3.96. The minimum atomic E-state index is -1.68. The Labute approximate surface area is 294 Å². The van der Waals surface area contributed by atoms with Gasteiger partial charge in [0.05, 0.1) is 22.5 Å². The van der Waals surface area contributed by atoms with Crippen molar-refractivity contribution in [3.8, 4) is 36.2 Å². The van der Waals surface area contributed by atoms with Gasteiger partial charge in [0.1, 0.15) is 13.2 Å². The number of benzene rings is 2. The van der Waals surface area contributed by atoms with Crippen molar-refractivity contribution < 1.29 is 61.1 Å². The minimum Gasteiger partial charge on any atom is -0.664 e. The third-order valence-corrected chi connectivity index (χ3v) is 6.79. The second-order valence-corrected chi connectivity index (χ2v) is 9.75. The van der Waals surface area contributed by atoms with E-state index in [9.17, 15) is 35.1 Å². The van der Waals surface area contributed by atoms with E-state index in [1.807, 2.05) is 11.8 Å². The van der Waals surface area contributed by atoms with Crippen LogP contribution in [0.4, 0.5) is 35.1 Å². The molecule has 2 aromatic heterocycles. The second kappa shape index (κ2) is 16.6. The van der Waals surface area contributed by atoms with Crippen LogP contribution >= 0.6 is 0 Å². The molecule has 0 saturated heterocycles. The van der Waals surface area contributed by atoms with E-state index < -0.39 is 82.4 Å². The molecule has 0 bridgehead atoms. The molecule has 0 radical (unpaired) electrons. The van der Waals surface area contributed by atoms with Gasteiger partial charge in [0.15, 0.2) is 34.8 Å². The zero-order chi connectivity index (χ0) is 35.9. The van der Waals surface area contributed by atoms with Gasteiger partial charge in [-0.25, -0.2) is 17.6 Å². The Balaban J connectivity index is 0.000000224. The molecule has 4 heterocycles. The number of allylic oxidation sites excluding steroid dienone is 4. The van der Waals surface area contributed by atoms with E-state index >= 15 is 0 Å². The van der Waals surface area contributed by atoms with E-state index in [1.54, 1.807) is 0 Å². The molecule has 2 aliphatic rings. The summed E-state index contributed by atoms with van der Waals surface area (Å²) in [6, 6.07) is 5.93. The van der Waals surface area contributed by atoms with Crippen LogP contribution in [0, 0.1) is 71.2 Å². The van der Waals surface area contributed by atoms with Crippen LogP contribution in [0.25, 0.3) is 11.1 Å². The molecule has 6 rings (SSSR count). The normalized spacial score (nSPS) is 14.4. The Kier molecular flexibility index (Phi) is 12.3. The van der Waals surface area contributed by atoms with Crippen LogP contribution in [-0.4, -0.2) is 25.6 Å². The van der Waals surface area contributed by atoms with Crippen molar-refractivity contribution in [1.29, 1.82) is 0 Å². The van der Waals surface area contributed by atoms with E-state index in [4.69, 9.17) is 12.8 Å². The summed E-state index contributed by atoms with van der Waals surface area (Å²) < 4.78 is 124. The molecule has 0 amide bonds. The molecule has 0 saturated carbocycles. The van der Waals surface area contributed by atoms with Crippen molar-refractivity contribution >= 4 is 23.6 Å². The molecule has 0 aliphatic carbocycles. The van der Waals surface area contributed by atoms with Gasteiger partial charge in [-0.1, -0.05) is 36.1 Å². The van der Waals surface area contributed by atoms with Crippen LogP contribution in [0.1, 0.15) is 22.5 Å². The van der Waals surface area contributed by atoms with Crippen LogP contribution < -0.4 is 19.4 Å². The molecule has 15 heteroatoms. The Hall–Kier alpha value is -6.05. The van der Waals surface area contributed by atoms with Gasteiger partial charge < -0.3 is 19.4 Å². The Morgan fingerprint density at radius 1 is 0.588 bits per heavy atom. The summed E-state index contributed by atoms with van der Waals surface area (Å²) in [5.41, 5.74) is -1.71. The molecule has 2 aromatic carbocycles. The molecule has 4 aromatic rings. The Morgan fingerprint density at radius 2 is 0.941 bits per heavy atom. The summed E-state index contributed by atoms with van der Waals surface area (Å²) in [6.07, 6.45) is 21.3. The van der Waals surface area contributed by atoms with Gasteiger partial charge in [-0.15, -0.1) is 24.2 Å². The zero-order valence-corrected chi connectivity index (χ0v) is 26.4. The van der Waals surface area contributed by atoms with Crippen molar-refractivity contribution in [1.82, 2.24) is 9.97 Å². The number of terminal acetylenes is 2. The first kappa shape index (κ1) is 37.8. The molecule has 6 nitrogen and oxygen atoms in total. The number of ether oxygens (including phenoxy) is 2. The summed E-state index contributed by atoms with van der Waals surface area (Å²) in [4.78, 5) is 15.8. The van der Waals surface area contributed by atoms with E-state index in [2.05, 4.69) is 29.4 Å². The number of halogens is 8. The number of aliphatic imine (C=N–C) groups is 2. The van der Waals surface area contributed by atoms with Crippen molar-refractivity contribution in [3.05, 3.63) is 141 Å². The predicted octanol–water partition coefficient (Wildman–Crippen LogP) is 7.22. The Morgan fingerprint density at radius 3 is 1.20 bits per heavy atom. The van der Waals surface area contributed by atoms with Gasteiger partial charge in [0.2, 0.25) is 23.3 Å². The number of hydrogen-bond acceptors (Lipinski definition) is 4. The molecule has 0 spiro atoms. The molecular weight excluding hydrogens is 731 g/mol. The van der Waals surface area contributed by atoms with Gasteiger partial charge in [-0.05, 0) is 35.5 Å². The van der Waals surface area contributed by atoms with Crippen molar-refractivity contribution in [2.24, 2.45) is 9.98 Å². The van der Waals surface area contributed by atoms with Crippen LogP contribution in [0.5, 0.6) is 11.5 Å². The summed E-state index contributed by atoms with van der Waals surface area (Å²) in [5, 5.41) is 0.